The number of hydrogen-bond donors (Lipinski definition) is 0. The molecule has 6 nitrogen and oxygen atoms in total. The van der Waals surface area contributed by atoms with Gasteiger partial charge in [-0.3, -0.25) is 4.90 Å². The highest BCUT2D eigenvalue weighted by molar-refractivity contribution is 5.34. The maximum atomic E-state index is 5.53. The topological polar surface area (TPSA) is 60.0 Å². The van der Waals surface area contributed by atoms with E-state index in [0.717, 1.165) is 43.3 Å². The number of nitrogens with zero attached hydrogens (tertiary/aromatic N) is 5. The van der Waals surface area contributed by atoms with E-state index in [-0.39, 0.29) is 6.04 Å². The van der Waals surface area contributed by atoms with Gasteiger partial charge in [-0.2, -0.15) is 4.98 Å². The lowest BCUT2D eigenvalue weighted by Crippen LogP contribution is -2.23. The van der Waals surface area contributed by atoms with Crippen molar-refractivity contribution < 1.29 is 4.52 Å². The average Bonchev–Trinajstić information content (AvgIpc) is 3.36. The van der Waals surface area contributed by atoms with Gasteiger partial charge in [0.15, 0.2) is 5.82 Å². The molecule has 1 saturated heterocycles. The summed E-state index contributed by atoms with van der Waals surface area (Å²) >= 11 is 0. The van der Waals surface area contributed by atoms with Crippen molar-refractivity contribution >= 4 is 0 Å². The summed E-state index contributed by atoms with van der Waals surface area (Å²) < 4.78 is 7.54. The Hall–Kier alpha value is -2.47. The third-order valence-corrected chi connectivity index (χ3v) is 4.75. The van der Waals surface area contributed by atoms with Crippen molar-refractivity contribution in [3.63, 3.8) is 0 Å². The third-order valence-electron chi connectivity index (χ3n) is 4.75. The lowest BCUT2D eigenvalue weighted by Gasteiger charge is -2.21. The SMILES string of the molecule is CC(C)c1noc([C@H]2CCCN2Cc2ccc(-n3ccnc3)cc2)n1. The zero-order valence-electron chi connectivity index (χ0n) is 14.7. The smallest absolute Gasteiger partial charge is 0.244 e. The molecule has 1 aromatic carbocycles. The van der Waals surface area contributed by atoms with Gasteiger partial charge in [0.2, 0.25) is 5.89 Å². The Morgan fingerprint density at radius 1 is 1.24 bits per heavy atom. The summed E-state index contributed by atoms with van der Waals surface area (Å²) in [6.45, 7) is 6.13. The molecule has 1 fully saturated rings. The van der Waals surface area contributed by atoms with Crippen molar-refractivity contribution in [1.82, 2.24) is 24.6 Å². The van der Waals surface area contributed by atoms with Gasteiger partial charge in [0.1, 0.15) is 0 Å². The molecule has 0 unspecified atom stereocenters. The summed E-state index contributed by atoms with van der Waals surface area (Å²) in [6, 6.07) is 8.85. The Labute approximate surface area is 147 Å². The van der Waals surface area contributed by atoms with Crippen LogP contribution < -0.4 is 0 Å². The molecule has 0 aliphatic carbocycles. The fraction of sp³-hybridized carbons (Fsp3) is 0.421. The summed E-state index contributed by atoms with van der Waals surface area (Å²) in [6.07, 6.45) is 7.80. The van der Waals surface area contributed by atoms with Gasteiger partial charge in [-0.1, -0.05) is 31.1 Å². The number of rotatable bonds is 5. The first-order valence-electron chi connectivity index (χ1n) is 8.85. The second-order valence-corrected chi connectivity index (χ2v) is 6.91. The molecule has 0 amide bonds. The Morgan fingerprint density at radius 3 is 2.76 bits per heavy atom. The van der Waals surface area contributed by atoms with Crippen LogP contribution in [0.1, 0.15) is 55.9 Å². The fourth-order valence-electron chi connectivity index (χ4n) is 3.33. The molecule has 0 N–H and O–H groups in total. The summed E-state index contributed by atoms with van der Waals surface area (Å²) in [4.78, 5) is 11.1. The fourth-order valence-corrected chi connectivity index (χ4v) is 3.33. The lowest BCUT2D eigenvalue weighted by molar-refractivity contribution is 0.201. The van der Waals surface area contributed by atoms with Crippen LogP contribution in [0.3, 0.4) is 0 Å². The first kappa shape index (κ1) is 16.0. The number of hydrogen-bond acceptors (Lipinski definition) is 5. The van der Waals surface area contributed by atoms with Gasteiger partial charge >= 0.3 is 0 Å². The maximum absolute atomic E-state index is 5.53. The van der Waals surface area contributed by atoms with Gasteiger partial charge in [-0.25, -0.2) is 4.98 Å². The summed E-state index contributed by atoms with van der Waals surface area (Å²) in [5.74, 6) is 1.85. The van der Waals surface area contributed by atoms with Crippen molar-refractivity contribution in [2.75, 3.05) is 6.54 Å². The quantitative estimate of drug-likeness (QED) is 0.710. The highest BCUT2D eigenvalue weighted by atomic mass is 16.5. The molecule has 0 saturated carbocycles. The molecule has 2 aromatic heterocycles. The Bertz CT molecular complexity index is 807. The molecule has 0 bridgehead atoms. The van der Waals surface area contributed by atoms with E-state index in [1.54, 1.807) is 6.20 Å². The van der Waals surface area contributed by atoms with Crippen LogP contribution in [0.5, 0.6) is 0 Å². The highest BCUT2D eigenvalue weighted by Crippen LogP contribution is 2.32. The van der Waals surface area contributed by atoms with Gasteiger partial charge in [-0.15, -0.1) is 0 Å². The molecule has 3 heterocycles. The van der Waals surface area contributed by atoms with Crippen LogP contribution >= 0.6 is 0 Å². The van der Waals surface area contributed by atoms with E-state index >= 15 is 0 Å². The molecule has 25 heavy (non-hydrogen) atoms. The van der Waals surface area contributed by atoms with Crippen LogP contribution in [-0.4, -0.2) is 31.1 Å². The number of aromatic nitrogens is 4. The van der Waals surface area contributed by atoms with Crippen LogP contribution in [0.2, 0.25) is 0 Å². The summed E-state index contributed by atoms with van der Waals surface area (Å²) in [5.41, 5.74) is 2.41. The van der Waals surface area contributed by atoms with E-state index in [0.29, 0.717) is 5.92 Å². The highest BCUT2D eigenvalue weighted by Gasteiger charge is 2.30. The van der Waals surface area contributed by atoms with E-state index in [9.17, 15) is 0 Å². The molecule has 0 spiro atoms. The zero-order valence-corrected chi connectivity index (χ0v) is 14.7. The molecule has 1 aliphatic rings. The standard InChI is InChI=1S/C19H23N5O/c1-14(2)18-21-19(25-22-18)17-4-3-10-23(17)12-15-5-7-16(8-6-15)24-11-9-20-13-24/h5-9,11,13-14,17H,3-4,10,12H2,1-2H3/t17-/m1/s1. The Kier molecular flexibility index (Phi) is 4.36. The zero-order chi connectivity index (χ0) is 17.2. The van der Waals surface area contributed by atoms with Crippen LogP contribution in [-0.2, 0) is 6.54 Å². The van der Waals surface area contributed by atoms with Crippen LogP contribution in [0.15, 0.2) is 47.5 Å². The Balaban J connectivity index is 1.47. The minimum Gasteiger partial charge on any atom is -0.338 e. The van der Waals surface area contributed by atoms with Gasteiger partial charge in [0, 0.05) is 30.5 Å². The second-order valence-electron chi connectivity index (χ2n) is 6.91. The molecule has 4 rings (SSSR count). The van der Waals surface area contributed by atoms with Gasteiger partial charge in [0.25, 0.3) is 0 Å². The molecule has 1 atom stereocenters. The number of imidazole rings is 1. The van der Waals surface area contributed by atoms with Gasteiger partial charge in [-0.05, 0) is 37.1 Å². The molecule has 130 valence electrons. The minimum atomic E-state index is 0.230. The second kappa shape index (κ2) is 6.80. The average molecular weight is 337 g/mol. The van der Waals surface area contributed by atoms with Crippen molar-refractivity contribution in [1.29, 1.82) is 0 Å². The largest absolute Gasteiger partial charge is 0.338 e. The van der Waals surface area contributed by atoms with Crippen molar-refractivity contribution in [2.45, 2.75) is 45.2 Å². The number of likely N-dealkylation sites (tertiary alicyclic amines) is 1. The normalized spacial score (nSPS) is 18.3. The van der Waals surface area contributed by atoms with E-state index in [2.05, 4.69) is 58.1 Å². The van der Waals surface area contributed by atoms with Crippen molar-refractivity contribution in [2.24, 2.45) is 0 Å². The Morgan fingerprint density at radius 2 is 2.08 bits per heavy atom. The first-order valence-corrected chi connectivity index (χ1v) is 8.85. The van der Waals surface area contributed by atoms with E-state index < -0.39 is 0 Å². The van der Waals surface area contributed by atoms with Crippen LogP contribution in [0.25, 0.3) is 5.69 Å². The van der Waals surface area contributed by atoms with E-state index in [1.807, 2.05) is 17.1 Å². The molecule has 3 aromatic rings. The molecular formula is C19H23N5O. The van der Waals surface area contributed by atoms with Crippen LogP contribution in [0.4, 0.5) is 0 Å². The monoisotopic (exact) mass is 337 g/mol. The predicted molar refractivity (Wildman–Crippen MR) is 94.3 cm³/mol. The summed E-state index contributed by atoms with van der Waals surface area (Å²) in [5, 5.41) is 4.12. The lowest BCUT2D eigenvalue weighted by atomic mass is 10.1. The molecule has 1 aliphatic heterocycles. The molecule has 6 heteroatoms. The maximum Gasteiger partial charge on any atom is 0.244 e. The first-order chi connectivity index (χ1) is 12.2. The van der Waals surface area contributed by atoms with Gasteiger partial charge in [0.05, 0.1) is 12.4 Å². The minimum absolute atomic E-state index is 0.230. The van der Waals surface area contributed by atoms with E-state index in [1.165, 1.54) is 5.56 Å². The van der Waals surface area contributed by atoms with E-state index in [4.69, 9.17) is 4.52 Å². The third kappa shape index (κ3) is 3.35. The molecule has 0 radical (unpaired) electrons. The predicted octanol–water partition coefficient (Wildman–Crippen LogP) is 3.72. The van der Waals surface area contributed by atoms with Crippen LogP contribution in [0, 0.1) is 0 Å². The summed E-state index contributed by atoms with van der Waals surface area (Å²) in [7, 11) is 0. The van der Waals surface area contributed by atoms with Crippen molar-refractivity contribution in [3.05, 3.63) is 60.3 Å². The van der Waals surface area contributed by atoms with Crippen molar-refractivity contribution in [3.8, 4) is 5.69 Å². The van der Waals surface area contributed by atoms with Gasteiger partial charge < -0.3 is 9.09 Å². The number of benzene rings is 1. The molecular weight excluding hydrogens is 314 g/mol.